The number of nitrogens with zero attached hydrogens (tertiary/aromatic N) is 1. The predicted octanol–water partition coefficient (Wildman–Crippen LogP) is 2.01. The molecule has 1 heterocycles. The first-order valence-electron chi connectivity index (χ1n) is 6.31. The number of benzene rings is 1. The number of aryl methyl sites for hydroxylation is 1. The number of β-amino-alcohol motifs (C(OH)–C–C–N with tert-alkyl or cyclic N) is 1. The minimum atomic E-state index is -0.635. The third-order valence-electron chi connectivity index (χ3n) is 3.98. The molecule has 1 saturated carbocycles. The molecule has 1 aromatic carbocycles. The molecule has 2 aliphatic rings. The zero-order chi connectivity index (χ0) is 12.9. The molecular weight excluding hydrogens is 233 g/mol. The van der Waals surface area contributed by atoms with Gasteiger partial charge in [0.1, 0.15) is 5.82 Å². The van der Waals surface area contributed by atoms with Crippen LogP contribution in [-0.4, -0.2) is 17.3 Å². The van der Waals surface area contributed by atoms with Crippen molar-refractivity contribution in [2.75, 3.05) is 17.0 Å². The first-order valence-corrected chi connectivity index (χ1v) is 6.31. The van der Waals surface area contributed by atoms with Crippen molar-refractivity contribution in [1.82, 2.24) is 5.53 Å². The summed E-state index contributed by atoms with van der Waals surface area (Å²) in [6, 6.07) is 1.79. The summed E-state index contributed by atoms with van der Waals surface area (Å²) >= 11 is 0. The van der Waals surface area contributed by atoms with Crippen LogP contribution >= 0.6 is 0 Å². The minimum Gasteiger partial charge on any atom is -0.388 e. The maximum atomic E-state index is 13.9. The molecule has 1 aromatic rings. The number of hydrazine groups is 2. The maximum Gasteiger partial charge on any atom is 0.131 e. The molecule has 4 nitrogen and oxygen atoms in total. The van der Waals surface area contributed by atoms with Crippen LogP contribution in [0.3, 0.4) is 0 Å². The van der Waals surface area contributed by atoms with Gasteiger partial charge in [0, 0.05) is 5.56 Å². The number of aliphatic hydroxyl groups is 1. The second kappa shape index (κ2) is 3.83. The fourth-order valence-electron chi connectivity index (χ4n) is 2.73. The molecule has 1 aliphatic heterocycles. The Kier molecular flexibility index (Phi) is 2.50. The van der Waals surface area contributed by atoms with Gasteiger partial charge in [-0.15, -0.1) is 5.53 Å². The Hall–Kier alpha value is -1.33. The van der Waals surface area contributed by atoms with Crippen molar-refractivity contribution in [1.29, 1.82) is 0 Å². The van der Waals surface area contributed by atoms with E-state index in [2.05, 4.69) is 11.0 Å². The highest BCUT2D eigenvalue weighted by atomic mass is 19.1. The Labute approximate surface area is 106 Å². The molecule has 0 unspecified atom stereocenters. The molecule has 1 aliphatic carbocycles. The van der Waals surface area contributed by atoms with E-state index in [0.717, 1.165) is 30.6 Å². The predicted molar refractivity (Wildman–Crippen MR) is 68.8 cm³/mol. The van der Waals surface area contributed by atoms with Crippen molar-refractivity contribution < 1.29 is 9.50 Å². The number of nitrogens with one attached hydrogen (secondary N) is 2. The quantitative estimate of drug-likeness (QED) is 0.752. The first-order chi connectivity index (χ1) is 8.50. The van der Waals surface area contributed by atoms with E-state index in [9.17, 15) is 9.50 Å². The third kappa shape index (κ3) is 1.66. The minimum absolute atomic E-state index is 0.176. The largest absolute Gasteiger partial charge is 0.388 e. The zero-order valence-corrected chi connectivity index (χ0v) is 10.7. The number of rotatable bonds is 2. The number of hydrogen-bond acceptors (Lipinski definition) is 4. The van der Waals surface area contributed by atoms with Crippen LogP contribution in [0, 0.1) is 19.7 Å². The monoisotopic (exact) mass is 251 g/mol. The molecule has 3 rings (SSSR count). The van der Waals surface area contributed by atoms with Crippen LogP contribution in [-0.2, 0) is 0 Å². The van der Waals surface area contributed by atoms with Gasteiger partial charge in [-0.2, -0.15) is 0 Å². The highest BCUT2D eigenvalue weighted by Crippen LogP contribution is 2.39. The molecule has 0 amide bonds. The van der Waals surface area contributed by atoms with Crippen LogP contribution in [0.25, 0.3) is 0 Å². The lowest BCUT2D eigenvalue weighted by atomic mass is 9.80. The topological polar surface area (TPSA) is 47.5 Å². The SMILES string of the molecule is Cc1cc2c(c(C)c1F)N(CC1(O)CCC1)NN2. The van der Waals surface area contributed by atoms with Crippen LogP contribution < -0.4 is 16.0 Å². The summed E-state index contributed by atoms with van der Waals surface area (Å²) in [5.74, 6) is -0.176. The summed E-state index contributed by atoms with van der Waals surface area (Å²) in [6.45, 7) is 4.01. The van der Waals surface area contributed by atoms with Gasteiger partial charge in [-0.25, -0.2) is 4.39 Å². The fraction of sp³-hybridized carbons (Fsp3) is 0.538. The van der Waals surface area contributed by atoms with Crippen molar-refractivity contribution in [2.45, 2.75) is 38.7 Å². The molecule has 18 heavy (non-hydrogen) atoms. The van der Waals surface area contributed by atoms with Crippen LogP contribution in [0.2, 0.25) is 0 Å². The number of hydrogen-bond donors (Lipinski definition) is 3. The van der Waals surface area contributed by atoms with Gasteiger partial charge >= 0.3 is 0 Å². The highest BCUT2D eigenvalue weighted by molar-refractivity contribution is 5.77. The summed E-state index contributed by atoms with van der Waals surface area (Å²) in [6.07, 6.45) is 2.69. The van der Waals surface area contributed by atoms with Gasteiger partial charge in [-0.05, 0) is 44.7 Å². The lowest BCUT2D eigenvalue weighted by Crippen LogP contribution is -2.51. The Morgan fingerprint density at radius 3 is 2.78 bits per heavy atom. The fourth-order valence-corrected chi connectivity index (χ4v) is 2.73. The van der Waals surface area contributed by atoms with Crippen LogP contribution in [0.1, 0.15) is 30.4 Å². The lowest BCUT2D eigenvalue weighted by Gasteiger charge is -2.39. The normalized spacial score (nSPS) is 20.3. The molecule has 0 aromatic heterocycles. The summed E-state index contributed by atoms with van der Waals surface area (Å²) < 4.78 is 13.9. The van der Waals surface area contributed by atoms with Crippen LogP contribution in [0.4, 0.5) is 15.8 Å². The first kappa shape index (κ1) is 11.7. The Bertz CT molecular complexity index is 499. The van der Waals surface area contributed by atoms with Gasteiger partial charge in [0.25, 0.3) is 0 Å². The molecular formula is C13H18FN3O. The number of halogens is 1. The van der Waals surface area contributed by atoms with E-state index in [4.69, 9.17) is 0 Å². The number of fused-ring (bicyclic) bond motifs is 1. The lowest BCUT2D eigenvalue weighted by molar-refractivity contribution is -0.0266. The second-order valence-electron chi connectivity index (χ2n) is 5.43. The highest BCUT2D eigenvalue weighted by Gasteiger charge is 2.38. The van der Waals surface area contributed by atoms with E-state index >= 15 is 0 Å². The molecule has 5 heteroatoms. The van der Waals surface area contributed by atoms with Crippen molar-refractivity contribution >= 4 is 11.4 Å². The molecule has 1 fully saturated rings. The van der Waals surface area contributed by atoms with Crippen molar-refractivity contribution in [3.05, 3.63) is 23.0 Å². The van der Waals surface area contributed by atoms with Gasteiger partial charge in [-0.1, -0.05) is 0 Å². The van der Waals surface area contributed by atoms with Crippen molar-refractivity contribution in [2.24, 2.45) is 0 Å². The van der Waals surface area contributed by atoms with Crippen molar-refractivity contribution in [3.63, 3.8) is 0 Å². The summed E-state index contributed by atoms with van der Waals surface area (Å²) in [5.41, 5.74) is 8.31. The van der Waals surface area contributed by atoms with E-state index < -0.39 is 5.60 Å². The van der Waals surface area contributed by atoms with Gasteiger partial charge in [0.15, 0.2) is 0 Å². The van der Waals surface area contributed by atoms with Gasteiger partial charge in [0.2, 0.25) is 0 Å². The van der Waals surface area contributed by atoms with E-state index in [1.165, 1.54) is 0 Å². The van der Waals surface area contributed by atoms with E-state index in [0.29, 0.717) is 17.7 Å². The average Bonchev–Trinajstić information content (AvgIpc) is 2.67. The summed E-state index contributed by atoms with van der Waals surface area (Å²) in [5, 5.41) is 12.0. The summed E-state index contributed by atoms with van der Waals surface area (Å²) in [7, 11) is 0. The van der Waals surface area contributed by atoms with E-state index in [-0.39, 0.29) is 5.82 Å². The van der Waals surface area contributed by atoms with Crippen molar-refractivity contribution in [3.8, 4) is 0 Å². The maximum absolute atomic E-state index is 13.9. The smallest absolute Gasteiger partial charge is 0.131 e. The van der Waals surface area contributed by atoms with Gasteiger partial charge in [-0.3, -0.25) is 5.01 Å². The van der Waals surface area contributed by atoms with E-state index in [1.807, 2.05) is 5.01 Å². The molecule has 0 saturated heterocycles. The Morgan fingerprint density at radius 1 is 1.44 bits per heavy atom. The zero-order valence-electron chi connectivity index (χ0n) is 10.7. The second-order valence-corrected chi connectivity index (χ2v) is 5.43. The van der Waals surface area contributed by atoms with Crippen LogP contribution in [0.15, 0.2) is 6.07 Å². The van der Waals surface area contributed by atoms with Crippen LogP contribution in [0.5, 0.6) is 0 Å². The third-order valence-corrected chi connectivity index (χ3v) is 3.98. The molecule has 0 spiro atoms. The molecule has 0 atom stereocenters. The molecule has 0 bridgehead atoms. The van der Waals surface area contributed by atoms with Gasteiger partial charge < -0.3 is 10.5 Å². The molecule has 0 radical (unpaired) electrons. The average molecular weight is 251 g/mol. The number of anilines is 2. The molecule has 3 N–H and O–H groups in total. The Morgan fingerprint density at radius 2 is 2.17 bits per heavy atom. The molecule has 98 valence electrons. The van der Waals surface area contributed by atoms with E-state index in [1.54, 1.807) is 19.9 Å². The Balaban J connectivity index is 1.93. The summed E-state index contributed by atoms with van der Waals surface area (Å²) in [4.78, 5) is 0. The standard InChI is InChI=1S/C13H18FN3O/c1-8-6-10-12(9(2)11(8)14)17(16-15-10)7-13(18)4-3-5-13/h6,15-16,18H,3-5,7H2,1-2H3. The van der Waals surface area contributed by atoms with Gasteiger partial charge in [0.05, 0.1) is 23.5 Å².